The summed E-state index contributed by atoms with van der Waals surface area (Å²) in [5.74, 6) is -0.978. The van der Waals surface area contributed by atoms with E-state index in [2.05, 4.69) is 5.32 Å². The van der Waals surface area contributed by atoms with E-state index in [1.165, 1.54) is 30.5 Å². The molecule has 5 nitrogen and oxygen atoms in total. The van der Waals surface area contributed by atoms with Gasteiger partial charge in [-0.2, -0.15) is 4.73 Å². The van der Waals surface area contributed by atoms with Crippen molar-refractivity contribution >= 4 is 23.2 Å². The van der Waals surface area contributed by atoms with Gasteiger partial charge < -0.3 is 10.2 Å². The van der Waals surface area contributed by atoms with Gasteiger partial charge in [0.1, 0.15) is 18.0 Å². The lowest BCUT2D eigenvalue weighted by Gasteiger charge is -2.10. The summed E-state index contributed by atoms with van der Waals surface area (Å²) in [5.41, 5.74) is 0.318. The van der Waals surface area contributed by atoms with E-state index in [-0.39, 0.29) is 12.2 Å². The third-order valence-electron chi connectivity index (χ3n) is 3.50. The highest BCUT2D eigenvalue weighted by atomic mass is 35.5. The molecule has 1 amide bonds. The smallest absolute Gasteiger partial charge is 0.295 e. The second-order valence-corrected chi connectivity index (χ2v) is 5.86. The minimum absolute atomic E-state index is 0.0168. The Hall–Kier alpha value is -3.12. The van der Waals surface area contributed by atoms with Crippen molar-refractivity contribution in [3.05, 3.63) is 99.2 Å². The number of anilines is 1. The first-order chi connectivity index (χ1) is 12.5. The fourth-order valence-electron chi connectivity index (χ4n) is 2.29. The minimum Gasteiger partial charge on any atom is -0.406 e. The molecule has 0 aliphatic heterocycles. The Kier molecular flexibility index (Phi) is 5.34. The van der Waals surface area contributed by atoms with Crippen LogP contribution in [0.3, 0.4) is 0 Å². The van der Waals surface area contributed by atoms with E-state index in [0.29, 0.717) is 16.3 Å². The molecule has 3 aromatic rings. The maximum Gasteiger partial charge on any atom is 0.295 e. The van der Waals surface area contributed by atoms with Gasteiger partial charge in [-0.25, -0.2) is 4.39 Å². The van der Waals surface area contributed by atoms with Crippen molar-refractivity contribution < 1.29 is 14.0 Å². The predicted molar refractivity (Wildman–Crippen MR) is 96.8 cm³/mol. The number of nitrogens with zero attached hydrogens (tertiary/aromatic N) is 1. The largest absolute Gasteiger partial charge is 0.406 e. The van der Waals surface area contributed by atoms with E-state index < -0.39 is 17.3 Å². The predicted octanol–water partition coefficient (Wildman–Crippen LogP) is 3.52. The van der Waals surface area contributed by atoms with Crippen LogP contribution in [0.2, 0.25) is 5.02 Å². The lowest BCUT2D eigenvalue weighted by atomic mass is 10.2. The van der Waals surface area contributed by atoms with Crippen LogP contribution in [0.15, 0.2) is 71.7 Å². The average molecular weight is 373 g/mol. The van der Waals surface area contributed by atoms with E-state index >= 15 is 0 Å². The first-order valence-corrected chi connectivity index (χ1v) is 8.07. The van der Waals surface area contributed by atoms with Crippen LogP contribution in [0.5, 0.6) is 0 Å². The molecule has 0 radical (unpaired) electrons. The summed E-state index contributed by atoms with van der Waals surface area (Å²) in [5, 5.41) is 3.07. The van der Waals surface area contributed by atoms with Crippen molar-refractivity contribution in [2.75, 3.05) is 5.32 Å². The molecule has 0 aliphatic rings. The van der Waals surface area contributed by atoms with E-state index in [0.717, 1.165) is 4.73 Å². The van der Waals surface area contributed by atoms with Crippen LogP contribution >= 0.6 is 11.6 Å². The molecule has 0 unspecified atom stereocenters. The number of hydrogen-bond acceptors (Lipinski definition) is 3. The van der Waals surface area contributed by atoms with E-state index in [1.54, 1.807) is 36.4 Å². The Balaban J connectivity index is 1.76. The van der Waals surface area contributed by atoms with E-state index in [4.69, 9.17) is 16.4 Å². The molecule has 0 saturated carbocycles. The van der Waals surface area contributed by atoms with Gasteiger partial charge in [0.05, 0.1) is 0 Å². The molecule has 0 aliphatic carbocycles. The molecule has 0 spiro atoms. The maximum absolute atomic E-state index is 13.2. The molecule has 3 rings (SSSR count). The Bertz CT molecular complexity index is 1000. The number of aromatic nitrogens is 1. The second kappa shape index (κ2) is 7.84. The molecular formula is C19H14ClFN2O3. The maximum atomic E-state index is 13.2. The van der Waals surface area contributed by atoms with Crippen LogP contribution in [0.1, 0.15) is 15.9 Å². The number of benzene rings is 2. The number of pyridine rings is 1. The number of carbonyl (C=O) groups is 1. The number of halogens is 2. The zero-order valence-electron chi connectivity index (χ0n) is 13.5. The third kappa shape index (κ3) is 4.29. The molecule has 7 heteroatoms. The van der Waals surface area contributed by atoms with Gasteiger partial charge in [0.25, 0.3) is 11.5 Å². The lowest BCUT2D eigenvalue weighted by Crippen LogP contribution is -2.32. The molecule has 0 saturated heterocycles. The third-order valence-corrected chi connectivity index (χ3v) is 3.74. The molecule has 0 atom stereocenters. The van der Waals surface area contributed by atoms with Crippen molar-refractivity contribution in [3.63, 3.8) is 0 Å². The molecule has 0 fully saturated rings. The number of carbonyl (C=O) groups excluding carboxylic acids is 1. The van der Waals surface area contributed by atoms with Gasteiger partial charge in [-0.3, -0.25) is 9.59 Å². The summed E-state index contributed by atoms with van der Waals surface area (Å²) >= 11 is 5.88. The Labute approximate surface area is 153 Å². The SMILES string of the molecule is O=C(Nc1cccc(Cl)c1)c1cccn(OCc2cccc(F)c2)c1=O. The summed E-state index contributed by atoms with van der Waals surface area (Å²) in [6, 6.07) is 15.3. The quantitative estimate of drug-likeness (QED) is 0.745. The Morgan fingerprint density at radius 2 is 1.92 bits per heavy atom. The lowest BCUT2D eigenvalue weighted by molar-refractivity contribution is 0.0862. The first kappa shape index (κ1) is 17.7. The van der Waals surface area contributed by atoms with Crippen LogP contribution in [-0.2, 0) is 6.61 Å². The van der Waals surface area contributed by atoms with Crippen LogP contribution in [0.25, 0.3) is 0 Å². The summed E-state index contributed by atoms with van der Waals surface area (Å²) in [4.78, 5) is 30.2. The average Bonchev–Trinajstić information content (AvgIpc) is 2.61. The van der Waals surface area contributed by atoms with Crippen LogP contribution in [0, 0.1) is 5.82 Å². The van der Waals surface area contributed by atoms with Gasteiger partial charge in [0.15, 0.2) is 0 Å². The minimum atomic E-state index is -0.622. The van der Waals surface area contributed by atoms with Crippen LogP contribution in [0.4, 0.5) is 10.1 Å². The Morgan fingerprint density at radius 1 is 1.12 bits per heavy atom. The topological polar surface area (TPSA) is 60.3 Å². The van der Waals surface area contributed by atoms with Crippen molar-refractivity contribution in [1.82, 2.24) is 4.73 Å². The van der Waals surface area contributed by atoms with E-state index in [1.807, 2.05) is 0 Å². The highest BCUT2D eigenvalue weighted by molar-refractivity contribution is 6.30. The molecule has 2 aromatic carbocycles. The van der Waals surface area contributed by atoms with Gasteiger partial charge in [-0.05, 0) is 48.0 Å². The molecular weight excluding hydrogens is 359 g/mol. The van der Waals surface area contributed by atoms with Crippen molar-refractivity contribution in [3.8, 4) is 0 Å². The molecule has 132 valence electrons. The standard InChI is InChI=1S/C19H14ClFN2O3/c20-14-5-2-7-16(11-14)22-18(24)17-8-3-9-23(19(17)25)26-12-13-4-1-6-15(21)10-13/h1-11H,12H2,(H,22,24). The fraction of sp³-hybridized carbons (Fsp3) is 0.0526. The number of hydrogen-bond donors (Lipinski definition) is 1. The Morgan fingerprint density at radius 3 is 2.69 bits per heavy atom. The van der Waals surface area contributed by atoms with Gasteiger partial charge in [0.2, 0.25) is 0 Å². The van der Waals surface area contributed by atoms with Gasteiger partial charge in [-0.1, -0.05) is 29.8 Å². The highest BCUT2D eigenvalue weighted by Gasteiger charge is 2.13. The van der Waals surface area contributed by atoms with Gasteiger partial charge >= 0.3 is 0 Å². The van der Waals surface area contributed by atoms with Gasteiger partial charge in [-0.15, -0.1) is 0 Å². The normalized spacial score (nSPS) is 10.4. The van der Waals surface area contributed by atoms with Crippen molar-refractivity contribution in [2.45, 2.75) is 6.61 Å². The summed E-state index contributed by atoms with van der Waals surface area (Å²) < 4.78 is 14.1. The van der Waals surface area contributed by atoms with Crippen LogP contribution in [-0.4, -0.2) is 10.6 Å². The molecule has 1 aromatic heterocycles. The highest BCUT2D eigenvalue weighted by Crippen LogP contribution is 2.15. The second-order valence-electron chi connectivity index (χ2n) is 5.42. The first-order valence-electron chi connectivity index (χ1n) is 7.69. The molecule has 0 bridgehead atoms. The van der Waals surface area contributed by atoms with Crippen LogP contribution < -0.4 is 15.7 Å². The number of rotatable bonds is 5. The fourth-order valence-corrected chi connectivity index (χ4v) is 2.48. The molecule has 26 heavy (non-hydrogen) atoms. The van der Waals surface area contributed by atoms with Crippen molar-refractivity contribution in [1.29, 1.82) is 0 Å². The molecule has 1 heterocycles. The monoisotopic (exact) mass is 372 g/mol. The van der Waals surface area contributed by atoms with E-state index in [9.17, 15) is 14.0 Å². The molecule has 1 N–H and O–H groups in total. The zero-order valence-corrected chi connectivity index (χ0v) is 14.2. The zero-order chi connectivity index (χ0) is 18.5. The summed E-state index contributed by atoms with van der Waals surface area (Å²) in [6.45, 7) is -0.0168. The van der Waals surface area contributed by atoms with Gasteiger partial charge in [0, 0.05) is 16.9 Å². The summed E-state index contributed by atoms with van der Waals surface area (Å²) in [7, 11) is 0. The number of nitrogens with one attached hydrogen (secondary N) is 1. The van der Waals surface area contributed by atoms with Crippen molar-refractivity contribution in [2.24, 2.45) is 0 Å². The summed E-state index contributed by atoms with van der Waals surface area (Å²) in [6.07, 6.45) is 1.39. The number of amides is 1.